The summed E-state index contributed by atoms with van der Waals surface area (Å²) in [6, 6.07) is 10.9. The number of unbranched alkanes of at least 4 members (excludes halogenated alkanes) is 1. The third-order valence-corrected chi connectivity index (χ3v) is 7.68. The average molecular weight is 648 g/mol. The molecule has 0 saturated heterocycles. The smallest absolute Gasteiger partial charge is 0.332 e. The van der Waals surface area contributed by atoms with Crippen molar-refractivity contribution < 1.29 is 18.3 Å². The van der Waals surface area contributed by atoms with Crippen LogP contribution < -0.4 is 21.7 Å². The molecule has 0 aliphatic carbocycles. The minimum atomic E-state index is -1.16. The second-order valence-corrected chi connectivity index (χ2v) is 11.0. The number of H-pyrrole nitrogens is 1. The molecule has 0 aliphatic heterocycles. The molecule has 0 aliphatic rings. The van der Waals surface area contributed by atoms with E-state index in [9.17, 15) is 28.0 Å². The molecule has 5 aromatic rings. The molecule has 1 N–H and O–H groups in total. The van der Waals surface area contributed by atoms with Crippen LogP contribution >= 0.6 is 0 Å². The van der Waals surface area contributed by atoms with E-state index in [-0.39, 0.29) is 41.2 Å². The zero-order valence-corrected chi connectivity index (χ0v) is 26.1. The Balaban J connectivity index is 1.46. The zero-order valence-electron chi connectivity index (χ0n) is 26.1. The number of aryl methyl sites for hydroxylation is 2. The summed E-state index contributed by atoms with van der Waals surface area (Å²) in [4.78, 5) is 65.7. The number of fused-ring (bicyclic) bond motifs is 1. The lowest BCUT2D eigenvalue weighted by Crippen LogP contribution is -2.40. The van der Waals surface area contributed by atoms with Crippen LogP contribution in [-0.4, -0.2) is 54.8 Å². The number of hydrogen-bond donors (Lipinski definition) is 1. The fourth-order valence-corrected chi connectivity index (χ4v) is 5.28. The standard InChI is InChI=1S/C33H35F2N7O5/c1-3-14-41-30-28(32(45)42(33(41)46)17-6-7-19-47-2)37-29(38-30)23-11-13-26(36-21-23)40(18-8-16-39-15-5-4-9-27(39)43)31(44)22-10-12-24(34)25(35)20-22/h4-5,9-13,15,20-21H,3,6-8,14,16-19H2,1-2H3,(H,37,38). The van der Waals surface area contributed by atoms with E-state index < -0.39 is 28.8 Å². The number of ether oxygens (including phenoxy) is 1. The van der Waals surface area contributed by atoms with E-state index in [0.29, 0.717) is 56.8 Å². The highest BCUT2D eigenvalue weighted by atomic mass is 19.2. The number of nitrogens with one attached hydrogen (secondary N) is 1. The van der Waals surface area contributed by atoms with E-state index in [1.807, 2.05) is 6.92 Å². The number of anilines is 1. The number of methoxy groups -OCH3 is 1. The number of pyridine rings is 2. The van der Waals surface area contributed by atoms with Crippen LogP contribution in [-0.2, 0) is 24.4 Å². The Bertz CT molecular complexity index is 2050. The summed E-state index contributed by atoms with van der Waals surface area (Å²) in [5, 5.41) is 0. The molecular weight excluding hydrogens is 612 g/mol. The lowest BCUT2D eigenvalue weighted by molar-refractivity contribution is 0.0985. The van der Waals surface area contributed by atoms with Gasteiger partial charge in [-0.25, -0.2) is 23.5 Å². The molecule has 0 atom stereocenters. The average Bonchev–Trinajstić information content (AvgIpc) is 3.52. The van der Waals surface area contributed by atoms with Crippen LogP contribution in [0.5, 0.6) is 0 Å². The van der Waals surface area contributed by atoms with Crippen LogP contribution in [0.25, 0.3) is 22.6 Å². The van der Waals surface area contributed by atoms with E-state index >= 15 is 0 Å². The summed E-state index contributed by atoms with van der Waals surface area (Å²) in [5.41, 5.74) is -0.257. The van der Waals surface area contributed by atoms with Crippen molar-refractivity contribution in [2.24, 2.45) is 0 Å². The first kappa shape index (κ1) is 33.1. The van der Waals surface area contributed by atoms with Gasteiger partial charge in [0.15, 0.2) is 17.3 Å². The third kappa shape index (κ3) is 7.27. The molecule has 1 amide bonds. The number of carbonyl (C=O) groups excluding carboxylic acids is 1. The minimum Gasteiger partial charge on any atom is -0.385 e. The molecule has 0 unspecified atom stereocenters. The monoisotopic (exact) mass is 647 g/mol. The van der Waals surface area contributed by atoms with Crippen molar-refractivity contribution in [2.45, 2.75) is 52.2 Å². The van der Waals surface area contributed by atoms with E-state index in [4.69, 9.17) is 4.74 Å². The molecule has 0 spiro atoms. The van der Waals surface area contributed by atoms with Gasteiger partial charge >= 0.3 is 5.69 Å². The van der Waals surface area contributed by atoms with Crippen LogP contribution in [0.1, 0.15) is 43.0 Å². The maximum Gasteiger partial charge on any atom is 0.332 e. The lowest BCUT2D eigenvalue weighted by Gasteiger charge is -2.22. The maximum atomic E-state index is 14.0. The Kier molecular flexibility index (Phi) is 10.5. The van der Waals surface area contributed by atoms with Crippen LogP contribution in [0.15, 0.2) is 75.3 Å². The van der Waals surface area contributed by atoms with Gasteiger partial charge in [0, 0.05) is 69.5 Å². The molecule has 5 rings (SSSR count). The van der Waals surface area contributed by atoms with Crippen molar-refractivity contribution in [1.29, 1.82) is 0 Å². The Labute approximate surface area is 267 Å². The van der Waals surface area contributed by atoms with Crippen molar-refractivity contribution in [3.63, 3.8) is 0 Å². The summed E-state index contributed by atoms with van der Waals surface area (Å²) >= 11 is 0. The van der Waals surface area contributed by atoms with Gasteiger partial charge in [-0.2, -0.15) is 0 Å². The Hall–Kier alpha value is -5.24. The van der Waals surface area contributed by atoms with Crippen molar-refractivity contribution in [1.82, 2.24) is 28.7 Å². The van der Waals surface area contributed by atoms with Gasteiger partial charge in [-0.1, -0.05) is 13.0 Å². The van der Waals surface area contributed by atoms with Gasteiger partial charge in [0.1, 0.15) is 17.2 Å². The van der Waals surface area contributed by atoms with Crippen LogP contribution in [0.2, 0.25) is 0 Å². The largest absolute Gasteiger partial charge is 0.385 e. The van der Waals surface area contributed by atoms with Gasteiger partial charge in [0.2, 0.25) is 5.56 Å². The number of halogens is 2. The Morgan fingerprint density at radius 3 is 2.49 bits per heavy atom. The second-order valence-electron chi connectivity index (χ2n) is 11.0. The summed E-state index contributed by atoms with van der Waals surface area (Å²) in [6.07, 6.45) is 5.40. The minimum absolute atomic E-state index is 0.0728. The number of imidazole rings is 1. The van der Waals surface area contributed by atoms with E-state index in [0.717, 1.165) is 12.1 Å². The molecule has 4 heterocycles. The molecule has 0 fully saturated rings. The van der Waals surface area contributed by atoms with Crippen molar-refractivity contribution >= 4 is 22.9 Å². The molecule has 4 aromatic heterocycles. The maximum absolute atomic E-state index is 14.0. The van der Waals surface area contributed by atoms with Gasteiger partial charge in [-0.15, -0.1) is 0 Å². The number of rotatable bonds is 14. The number of aromatic amines is 1. The van der Waals surface area contributed by atoms with Crippen LogP contribution in [0.3, 0.4) is 0 Å². The molecule has 47 heavy (non-hydrogen) atoms. The number of hydrogen-bond acceptors (Lipinski definition) is 7. The normalized spacial score (nSPS) is 11.3. The Morgan fingerprint density at radius 2 is 1.79 bits per heavy atom. The fraction of sp³-hybridized carbons (Fsp3) is 0.333. The summed E-state index contributed by atoms with van der Waals surface area (Å²) < 4.78 is 36.9. The topological polar surface area (TPSA) is 137 Å². The van der Waals surface area contributed by atoms with Gasteiger partial charge in [0.25, 0.3) is 11.5 Å². The van der Waals surface area contributed by atoms with E-state index in [1.165, 1.54) is 36.9 Å². The predicted molar refractivity (Wildman–Crippen MR) is 173 cm³/mol. The first-order valence-corrected chi connectivity index (χ1v) is 15.3. The highest BCUT2D eigenvalue weighted by Gasteiger charge is 2.22. The fourth-order valence-electron chi connectivity index (χ4n) is 5.28. The number of amides is 1. The van der Waals surface area contributed by atoms with E-state index in [2.05, 4.69) is 15.0 Å². The number of aromatic nitrogens is 6. The van der Waals surface area contributed by atoms with Crippen molar-refractivity contribution in [3.05, 3.63) is 109 Å². The quantitative estimate of drug-likeness (QED) is 0.180. The summed E-state index contributed by atoms with van der Waals surface area (Å²) in [6.45, 7) is 3.48. The van der Waals surface area contributed by atoms with Gasteiger partial charge in [-0.3, -0.25) is 28.4 Å². The highest BCUT2D eigenvalue weighted by molar-refractivity contribution is 6.05. The molecule has 14 heteroatoms. The zero-order chi connectivity index (χ0) is 33.5. The first-order chi connectivity index (χ1) is 22.7. The molecule has 12 nitrogen and oxygen atoms in total. The van der Waals surface area contributed by atoms with Crippen molar-refractivity contribution in [3.8, 4) is 11.4 Å². The molecule has 1 aromatic carbocycles. The predicted octanol–water partition coefficient (Wildman–Crippen LogP) is 3.96. The van der Waals surface area contributed by atoms with Crippen LogP contribution in [0, 0.1) is 11.6 Å². The molecule has 0 saturated carbocycles. The SMILES string of the molecule is CCCn1c(=O)n(CCCCOC)c(=O)c2[nH]c(-c3ccc(N(CCCn4ccccc4=O)C(=O)c4ccc(F)c(F)c4)nc3)nc21. The number of nitrogens with zero attached hydrogens (tertiary/aromatic N) is 6. The van der Waals surface area contributed by atoms with E-state index in [1.54, 1.807) is 37.6 Å². The number of carbonyl (C=O) groups is 1. The van der Waals surface area contributed by atoms with Gasteiger partial charge < -0.3 is 14.3 Å². The van der Waals surface area contributed by atoms with Crippen molar-refractivity contribution in [2.75, 3.05) is 25.2 Å². The van der Waals surface area contributed by atoms with Crippen LogP contribution in [0.4, 0.5) is 14.6 Å². The molecule has 0 radical (unpaired) electrons. The summed E-state index contributed by atoms with van der Waals surface area (Å²) in [7, 11) is 1.59. The second kappa shape index (κ2) is 14.9. The number of benzene rings is 1. The first-order valence-electron chi connectivity index (χ1n) is 15.3. The Morgan fingerprint density at radius 1 is 0.957 bits per heavy atom. The van der Waals surface area contributed by atoms with Gasteiger partial charge in [-0.05, 0) is 62.1 Å². The lowest BCUT2D eigenvalue weighted by atomic mass is 10.1. The summed E-state index contributed by atoms with van der Waals surface area (Å²) in [5.74, 6) is -2.31. The molecular formula is C33H35F2N7O5. The highest BCUT2D eigenvalue weighted by Crippen LogP contribution is 2.23. The molecule has 0 bridgehead atoms. The molecule has 246 valence electrons. The van der Waals surface area contributed by atoms with Gasteiger partial charge in [0.05, 0.1) is 0 Å². The third-order valence-electron chi connectivity index (χ3n) is 7.68.